The van der Waals surface area contributed by atoms with E-state index in [0.29, 0.717) is 33.6 Å². The van der Waals surface area contributed by atoms with E-state index in [-0.39, 0.29) is 25.1 Å². The van der Waals surface area contributed by atoms with Crippen molar-refractivity contribution >= 4 is 53.3 Å². The molecule has 5 aromatic heterocycles. The highest BCUT2D eigenvalue weighted by molar-refractivity contribution is 7.59. The Morgan fingerprint density at radius 3 is 2.69 bits per heavy atom. The maximum absolute atomic E-state index is 13.8. The van der Waals surface area contributed by atoms with Gasteiger partial charge in [0.15, 0.2) is 11.5 Å². The molecule has 7 rings (SSSR count). The summed E-state index contributed by atoms with van der Waals surface area (Å²) in [5, 5.41) is 13.6. The number of anilines is 2. The third-order valence-electron chi connectivity index (χ3n) is 6.91. The second-order valence-corrected chi connectivity index (χ2v) is 9.52. The number of hydrogen-bond acceptors (Lipinski definition) is 8. The zero-order valence-corrected chi connectivity index (χ0v) is 22.2. The lowest BCUT2D eigenvalue weighted by Gasteiger charge is -2.27. The summed E-state index contributed by atoms with van der Waals surface area (Å²) in [4.78, 5) is 29.3. The Kier molecular flexibility index (Phi) is 6.20. The number of aromatic nitrogens is 8. The van der Waals surface area contributed by atoms with Crippen LogP contribution < -0.4 is 16.2 Å². The van der Waals surface area contributed by atoms with Crippen molar-refractivity contribution < 1.29 is 0 Å². The van der Waals surface area contributed by atoms with Gasteiger partial charge in [0.1, 0.15) is 23.5 Å². The first-order valence-electron chi connectivity index (χ1n) is 12.1. The van der Waals surface area contributed by atoms with Gasteiger partial charge in [-0.1, -0.05) is 29.8 Å². The lowest BCUT2D eigenvalue weighted by Crippen LogP contribution is -2.33. The average molecular weight is 559 g/mol. The van der Waals surface area contributed by atoms with E-state index in [9.17, 15) is 4.79 Å². The minimum atomic E-state index is -0.237. The summed E-state index contributed by atoms with van der Waals surface area (Å²) in [5.74, 6) is 1.74. The van der Waals surface area contributed by atoms with Gasteiger partial charge < -0.3 is 10.6 Å². The van der Waals surface area contributed by atoms with Crippen LogP contribution in [0.5, 0.6) is 0 Å². The number of para-hydroxylation sites is 1. The van der Waals surface area contributed by atoms with Crippen molar-refractivity contribution in [1.29, 1.82) is 0 Å². The predicted molar refractivity (Wildman–Crippen MR) is 155 cm³/mol. The van der Waals surface area contributed by atoms with Crippen LogP contribution in [-0.2, 0) is 0 Å². The highest BCUT2D eigenvalue weighted by Gasteiger charge is 2.34. The minimum absolute atomic E-state index is 0. The smallest absolute Gasteiger partial charge is 0.284 e. The first-order valence-corrected chi connectivity index (χ1v) is 12.5. The fourth-order valence-electron chi connectivity index (χ4n) is 5.20. The van der Waals surface area contributed by atoms with Gasteiger partial charge in [0.25, 0.3) is 5.56 Å². The molecule has 1 aliphatic heterocycles. The number of nitrogens with zero attached hydrogens (tertiary/aromatic N) is 8. The van der Waals surface area contributed by atoms with Crippen LogP contribution in [0, 0.1) is 0 Å². The topological polar surface area (TPSA) is 136 Å². The van der Waals surface area contributed by atoms with Crippen LogP contribution in [0.25, 0.3) is 33.5 Å². The number of benzene rings is 1. The van der Waals surface area contributed by atoms with E-state index in [2.05, 4.69) is 25.1 Å². The fourth-order valence-corrected chi connectivity index (χ4v) is 5.42. The Balaban J connectivity index is 0.00000277. The van der Waals surface area contributed by atoms with Crippen molar-refractivity contribution in [3.63, 3.8) is 0 Å². The van der Waals surface area contributed by atoms with Crippen molar-refractivity contribution in [2.45, 2.75) is 18.9 Å². The molecule has 1 atom stereocenters. The summed E-state index contributed by atoms with van der Waals surface area (Å²) in [7, 11) is 0. The number of pyridine rings is 1. The third-order valence-corrected chi connectivity index (χ3v) is 7.21. The van der Waals surface area contributed by atoms with Gasteiger partial charge >= 0.3 is 0 Å². The van der Waals surface area contributed by atoms with E-state index < -0.39 is 0 Å². The van der Waals surface area contributed by atoms with E-state index in [4.69, 9.17) is 27.4 Å². The van der Waals surface area contributed by atoms with Crippen LogP contribution >= 0.6 is 25.1 Å². The van der Waals surface area contributed by atoms with Gasteiger partial charge in [-0.15, -0.1) is 0 Å². The van der Waals surface area contributed by atoms with Crippen LogP contribution in [0.1, 0.15) is 24.7 Å². The number of nitrogens with two attached hydrogens (primary N) is 1. The largest absolute Gasteiger partial charge is 0.384 e. The number of hydrogen-bond donors (Lipinski definition) is 2. The van der Waals surface area contributed by atoms with Crippen molar-refractivity contribution in [3.05, 3.63) is 88.5 Å². The molecule has 1 aliphatic rings. The van der Waals surface area contributed by atoms with Crippen LogP contribution in [0.15, 0.2) is 72.0 Å². The molecule has 0 amide bonds. The second kappa shape index (κ2) is 9.71. The van der Waals surface area contributed by atoms with Gasteiger partial charge in [0.2, 0.25) is 0 Å². The Morgan fingerprint density at radius 2 is 1.90 bits per heavy atom. The molecule has 0 aliphatic carbocycles. The first kappa shape index (κ1) is 24.9. The number of nitrogens with one attached hydrogen (secondary N) is 1. The summed E-state index contributed by atoms with van der Waals surface area (Å²) in [5.41, 5.74) is 8.73. The monoisotopic (exact) mass is 558 g/mol. The standard InChI is InChI=1S/C26H21ClN10O.H2S/c27-17-10-12-36-22(17)26(38)37(16-5-2-1-3-6-16)24(34-36)18-7-4-11-35(18)25-20-21(15-8-9-19(28)29-13-15)32-33-23(20)30-14-31-25;/h1-3,5-6,8-10,12-14,18H,4,7,11H2,(H2,28,29)(H,30,31,32,33);1H2/t18-;/m0./s1. The molecule has 196 valence electrons. The molecule has 39 heavy (non-hydrogen) atoms. The van der Waals surface area contributed by atoms with Gasteiger partial charge in [-0.25, -0.2) is 19.5 Å². The zero-order valence-electron chi connectivity index (χ0n) is 20.5. The maximum Gasteiger partial charge on any atom is 0.284 e. The van der Waals surface area contributed by atoms with Crippen LogP contribution in [0.4, 0.5) is 11.6 Å². The summed E-state index contributed by atoms with van der Waals surface area (Å²) >= 11 is 6.39. The Bertz CT molecular complexity index is 1870. The van der Waals surface area contributed by atoms with Crippen LogP contribution in [-0.4, -0.2) is 45.9 Å². The maximum atomic E-state index is 13.8. The minimum Gasteiger partial charge on any atom is -0.384 e. The lowest BCUT2D eigenvalue weighted by molar-refractivity contribution is 0.602. The highest BCUT2D eigenvalue weighted by Crippen LogP contribution is 2.40. The molecule has 0 saturated carbocycles. The molecule has 11 nitrogen and oxygen atoms in total. The van der Waals surface area contributed by atoms with E-state index in [1.54, 1.807) is 33.6 Å². The van der Waals surface area contributed by atoms with Crippen molar-refractivity contribution in [2.24, 2.45) is 0 Å². The molecule has 0 spiro atoms. The molecular formula is C26H23ClN10OS. The summed E-state index contributed by atoms with van der Waals surface area (Å²) < 4.78 is 3.22. The van der Waals surface area contributed by atoms with Crippen LogP contribution in [0.3, 0.4) is 0 Å². The number of H-pyrrole nitrogens is 1. The Morgan fingerprint density at radius 1 is 1.05 bits per heavy atom. The molecule has 0 radical (unpaired) electrons. The number of aromatic amines is 1. The van der Waals surface area contributed by atoms with E-state index in [1.807, 2.05) is 36.4 Å². The van der Waals surface area contributed by atoms with Gasteiger partial charge in [0.05, 0.1) is 27.8 Å². The molecule has 3 N–H and O–H groups in total. The van der Waals surface area contributed by atoms with Gasteiger partial charge in [-0.2, -0.15) is 23.7 Å². The van der Waals surface area contributed by atoms with Gasteiger partial charge in [-0.3, -0.25) is 14.5 Å². The average Bonchev–Trinajstić information content (AvgIpc) is 3.68. The molecule has 1 saturated heterocycles. The molecule has 1 aromatic carbocycles. The van der Waals surface area contributed by atoms with E-state index in [1.165, 1.54) is 6.33 Å². The highest BCUT2D eigenvalue weighted by atomic mass is 35.5. The number of nitrogen functional groups attached to an aromatic ring is 1. The van der Waals surface area contributed by atoms with Crippen LogP contribution in [0.2, 0.25) is 5.02 Å². The molecule has 6 heterocycles. The molecule has 13 heteroatoms. The Labute approximate surface area is 233 Å². The number of halogens is 1. The van der Waals surface area contributed by atoms with Crippen molar-refractivity contribution in [2.75, 3.05) is 17.2 Å². The normalized spacial score (nSPS) is 15.2. The van der Waals surface area contributed by atoms with Gasteiger partial charge in [-0.05, 0) is 43.2 Å². The molecule has 0 unspecified atom stereocenters. The third kappa shape index (κ3) is 3.99. The summed E-state index contributed by atoms with van der Waals surface area (Å²) in [6.45, 7) is 0.719. The summed E-state index contributed by atoms with van der Waals surface area (Å²) in [6, 6.07) is 14.6. The number of fused-ring (bicyclic) bond motifs is 2. The summed E-state index contributed by atoms with van der Waals surface area (Å²) in [6.07, 6.45) is 6.58. The van der Waals surface area contributed by atoms with E-state index >= 15 is 0 Å². The molecule has 0 bridgehead atoms. The fraction of sp³-hybridized carbons (Fsp3) is 0.154. The second-order valence-electron chi connectivity index (χ2n) is 9.11. The van der Waals surface area contributed by atoms with Crippen molar-refractivity contribution in [1.82, 2.24) is 39.3 Å². The first-order chi connectivity index (χ1) is 18.6. The molecular weight excluding hydrogens is 536 g/mol. The van der Waals surface area contributed by atoms with Gasteiger partial charge in [0, 0.05) is 24.5 Å². The van der Waals surface area contributed by atoms with E-state index in [0.717, 1.165) is 41.7 Å². The molecule has 1 fully saturated rings. The SMILES string of the molecule is Nc1ccc(-c2[nH]nc3ncnc(N4CCC[C@H]4c4nn5ccc(Cl)c5c(=O)n4-c4ccccc4)c23)cn1.S. The molecule has 6 aromatic rings. The predicted octanol–water partition coefficient (Wildman–Crippen LogP) is 3.90. The Hall–Kier alpha value is -4.42. The van der Waals surface area contributed by atoms with Crippen molar-refractivity contribution in [3.8, 4) is 16.9 Å². The zero-order chi connectivity index (χ0) is 25.8. The lowest BCUT2D eigenvalue weighted by atomic mass is 10.1. The quantitative estimate of drug-likeness (QED) is 0.332. The number of rotatable bonds is 4.